The van der Waals surface area contributed by atoms with E-state index in [1.807, 2.05) is 41.4 Å². The number of nitrogens with one attached hydrogen (secondary N) is 2. The molecule has 2 aromatic carbocycles. The summed E-state index contributed by atoms with van der Waals surface area (Å²) in [7, 11) is 0. The lowest BCUT2D eigenvalue weighted by Gasteiger charge is -2.34. The Balaban J connectivity index is 0.848. The first-order valence-corrected chi connectivity index (χ1v) is 17.6. The number of unbranched alkanes of at least 4 members (excludes halogenated alkanes) is 5. The van der Waals surface area contributed by atoms with E-state index in [1.54, 1.807) is 23.2 Å². The van der Waals surface area contributed by atoms with Crippen molar-refractivity contribution in [2.45, 2.75) is 89.1 Å². The number of hydrogen-bond donors (Lipinski definition) is 2. The SMILES string of the molecule is O=C1CCC(N2C(=O)c3cccc(NCCCCCCCCC(=O)N4CCC(C(=O)N5N=CCC5c5ccccc5)CC4)c3C2=O)C(=O)N1. The van der Waals surface area contributed by atoms with Crippen LogP contribution in [0.3, 0.4) is 0 Å². The van der Waals surface area contributed by atoms with Crippen molar-refractivity contribution in [1.29, 1.82) is 0 Å². The third-order valence-corrected chi connectivity index (χ3v) is 10.0. The normalized spacial score (nSPS) is 20.9. The highest BCUT2D eigenvalue weighted by atomic mass is 16.2. The molecule has 0 radical (unpaired) electrons. The molecule has 4 aliphatic rings. The van der Waals surface area contributed by atoms with Gasteiger partial charge >= 0.3 is 0 Å². The first kappa shape index (κ1) is 34.0. The van der Waals surface area contributed by atoms with E-state index in [9.17, 15) is 28.8 Å². The molecular formula is C37H44N6O6. The third kappa shape index (κ3) is 7.58. The molecule has 49 heavy (non-hydrogen) atoms. The molecule has 0 aliphatic carbocycles. The van der Waals surface area contributed by atoms with Crippen LogP contribution < -0.4 is 10.6 Å². The van der Waals surface area contributed by atoms with Gasteiger partial charge in [0, 0.05) is 56.7 Å². The standard InChI is InChI=1S/C37H44N6O6/c44-31-17-16-30(34(46)40-31)42-36(48)27-13-10-14-28(33(27)37(42)49)38-21-9-4-2-1-3-8-15-32(45)41-23-19-26(20-24-41)35(47)43-29(18-22-39-43)25-11-6-5-7-12-25/h5-7,10-14,22,26,29-30,38H,1-4,8-9,15-21,23-24H2,(H,40,44,46). The van der Waals surface area contributed by atoms with Crippen molar-refractivity contribution in [3.05, 3.63) is 65.2 Å². The van der Waals surface area contributed by atoms with Crippen molar-refractivity contribution in [2.24, 2.45) is 11.0 Å². The lowest BCUT2D eigenvalue weighted by molar-refractivity contribution is -0.142. The third-order valence-electron chi connectivity index (χ3n) is 10.0. The maximum absolute atomic E-state index is 13.3. The number of hydrogen-bond acceptors (Lipinski definition) is 8. The summed E-state index contributed by atoms with van der Waals surface area (Å²) in [6, 6.07) is 14.0. The van der Waals surface area contributed by atoms with Crippen LogP contribution in [-0.4, -0.2) is 82.1 Å². The summed E-state index contributed by atoms with van der Waals surface area (Å²) >= 11 is 0. The number of amides is 6. The van der Waals surface area contributed by atoms with Gasteiger partial charge in [0.15, 0.2) is 0 Å². The fourth-order valence-electron chi connectivity index (χ4n) is 7.29. The second-order valence-corrected chi connectivity index (χ2v) is 13.3. The molecule has 0 bridgehead atoms. The Morgan fingerprint density at radius 2 is 1.55 bits per heavy atom. The van der Waals surface area contributed by atoms with E-state index in [0.717, 1.165) is 55.4 Å². The second kappa shape index (κ2) is 15.6. The molecule has 0 saturated carbocycles. The molecular weight excluding hydrogens is 624 g/mol. The summed E-state index contributed by atoms with van der Waals surface area (Å²) in [6.07, 6.45) is 10.3. The molecule has 2 N–H and O–H groups in total. The summed E-state index contributed by atoms with van der Waals surface area (Å²) in [6.45, 7) is 1.84. The first-order valence-electron chi connectivity index (χ1n) is 17.6. The Bertz CT molecular complexity index is 1620. The zero-order valence-electron chi connectivity index (χ0n) is 27.8. The molecule has 2 fully saturated rings. The summed E-state index contributed by atoms with van der Waals surface area (Å²) in [5, 5.41) is 11.5. The Labute approximate surface area is 286 Å². The van der Waals surface area contributed by atoms with Gasteiger partial charge < -0.3 is 10.2 Å². The van der Waals surface area contributed by atoms with Crippen molar-refractivity contribution in [3.63, 3.8) is 0 Å². The average Bonchev–Trinajstić information content (AvgIpc) is 3.71. The van der Waals surface area contributed by atoms with Crippen molar-refractivity contribution in [1.82, 2.24) is 20.1 Å². The van der Waals surface area contributed by atoms with E-state index in [4.69, 9.17) is 0 Å². The summed E-state index contributed by atoms with van der Waals surface area (Å²) in [4.78, 5) is 79.2. The maximum Gasteiger partial charge on any atom is 0.264 e. The molecule has 2 atom stereocenters. The Morgan fingerprint density at radius 3 is 2.31 bits per heavy atom. The number of rotatable bonds is 13. The number of carbonyl (C=O) groups is 6. The second-order valence-electron chi connectivity index (χ2n) is 13.3. The van der Waals surface area contributed by atoms with E-state index in [0.29, 0.717) is 44.6 Å². The van der Waals surface area contributed by atoms with E-state index in [2.05, 4.69) is 15.7 Å². The molecule has 2 aromatic rings. The fraction of sp³-hybridized carbons (Fsp3) is 0.486. The van der Waals surface area contributed by atoms with E-state index >= 15 is 0 Å². The van der Waals surface area contributed by atoms with E-state index in [-0.39, 0.29) is 47.7 Å². The van der Waals surface area contributed by atoms with Crippen LogP contribution in [0.25, 0.3) is 0 Å². The molecule has 6 amide bonds. The molecule has 258 valence electrons. The van der Waals surface area contributed by atoms with E-state index in [1.165, 1.54) is 0 Å². The average molecular weight is 669 g/mol. The van der Waals surface area contributed by atoms with Gasteiger partial charge in [0.1, 0.15) is 6.04 Å². The molecule has 12 heteroatoms. The van der Waals surface area contributed by atoms with Gasteiger partial charge in [-0.15, -0.1) is 0 Å². The van der Waals surface area contributed by atoms with Gasteiger partial charge in [-0.2, -0.15) is 5.10 Å². The Hall–Kier alpha value is -4.87. The van der Waals surface area contributed by atoms with Crippen LogP contribution >= 0.6 is 0 Å². The van der Waals surface area contributed by atoms with Gasteiger partial charge in [0.05, 0.1) is 17.2 Å². The van der Waals surface area contributed by atoms with Crippen LogP contribution in [0.1, 0.15) is 109 Å². The molecule has 12 nitrogen and oxygen atoms in total. The van der Waals surface area contributed by atoms with Crippen molar-refractivity contribution in [3.8, 4) is 0 Å². The molecule has 2 unspecified atom stereocenters. The minimum Gasteiger partial charge on any atom is -0.384 e. The predicted octanol–water partition coefficient (Wildman–Crippen LogP) is 4.43. The number of carbonyl (C=O) groups excluding carboxylic acids is 6. The molecule has 2 saturated heterocycles. The van der Waals surface area contributed by atoms with Crippen LogP contribution in [0.15, 0.2) is 53.6 Å². The highest BCUT2D eigenvalue weighted by Crippen LogP contribution is 2.33. The van der Waals surface area contributed by atoms with Gasteiger partial charge in [-0.05, 0) is 49.8 Å². The lowest BCUT2D eigenvalue weighted by Crippen LogP contribution is -2.54. The van der Waals surface area contributed by atoms with Gasteiger partial charge in [-0.25, -0.2) is 5.01 Å². The zero-order chi connectivity index (χ0) is 34.3. The molecule has 6 rings (SSSR count). The first-order chi connectivity index (χ1) is 23.8. The Kier molecular flexibility index (Phi) is 10.8. The van der Waals surface area contributed by atoms with Crippen molar-refractivity contribution in [2.75, 3.05) is 25.0 Å². The van der Waals surface area contributed by atoms with Crippen LogP contribution in [0.4, 0.5) is 5.69 Å². The van der Waals surface area contributed by atoms with Gasteiger partial charge in [-0.3, -0.25) is 39.0 Å². The minimum atomic E-state index is -0.986. The van der Waals surface area contributed by atoms with E-state index < -0.39 is 29.7 Å². The predicted molar refractivity (Wildman–Crippen MR) is 182 cm³/mol. The number of piperidine rings is 2. The highest BCUT2D eigenvalue weighted by molar-refractivity contribution is 6.25. The van der Waals surface area contributed by atoms with Gasteiger partial charge in [0.2, 0.25) is 23.6 Å². The maximum atomic E-state index is 13.3. The number of fused-ring (bicyclic) bond motifs is 1. The largest absolute Gasteiger partial charge is 0.384 e. The lowest BCUT2D eigenvalue weighted by atomic mass is 9.94. The summed E-state index contributed by atoms with van der Waals surface area (Å²) < 4.78 is 0. The summed E-state index contributed by atoms with van der Waals surface area (Å²) in [5.41, 5.74) is 2.19. The molecule has 4 aliphatic heterocycles. The van der Waals surface area contributed by atoms with Crippen LogP contribution in [0.5, 0.6) is 0 Å². The number of imide groups is 2. The molecule has 4 heterocycles. The molecule has 0 spiro atoms. The zero-order valence-corrected chi connectivity index (χ0v) is 27.8. The number of hydrazone groups is 1. The molecule has 0 aromatic heterocycles. The quantitative estimate of drug-likeness (QED) is 0.237. The van der Waals surface area contributed by atoms with Crippen molar-refractivity contribution < 1.29 is 28.8 Å². The number of nitrogens with zero attached hydrogens (tertiary/aromatic N) is 4. The topological polar surface area (TPSA) is 149 Å². The number of benzene rings is 2. The minimum absolute atomic E-state index is 0.0493. The fourth-order valence-corrected chi connectivity index (χ4v) is 7.29. The van der Waals surface area contributed by atoms with Crippen LogP contribution in [0, 0.1) is 5.92 Å². The van der Waals surface area contributed by atoms with Crippen LogP contribution in [-0.2, 0) is 19.2 Å². The Morgan fingerprint density at radius 1 is 0.816 bits per heavy atom. The number of anilines is 1. The number of likely N-dealkylation sites (tertiary alicyclic amines) is 1. The highest BCUT2D eigenvalue weighted by Gasteiger charge is 2.45. The van der Waals surface area contributed by atoms with Crippen molar-refractivity contribution >= 4 is 47.3 Å². The van der Waals surface area contributed by atoms with Crippen LogP contribution in [0.2, 0.25) is 0 Å². The van der Waals surface area contributed by atoms with Gasteiger partial charge in [-0.1, -0.05) is 62.1 Å². The van der Waals surface area contributed by atoms with Gasteiger partial charge in [0.25, 0.3) is 11.8 Å². The summed E-state index contributed by atoms with van der Waals surface area (Å²) in [5.74, 6) is -1.95. The monoisotopic (exact) mass is 668 g/mol. The smallest absolute Gasteiger partial charge is 0.264 e.